The van der Waals surface area contributed by atoms with E-state index in [0.717, 1.165) is 28.1 Å². The number of anilines is 1. The van der Waals surface area contributed by atoms with Gasteiger partial charge in [0.05, 0.1) is 21.8 Å². The van der Waals surface area contributed by atoms with Gasteiger partial charge in [-0.2, -0.15) is 0 Å². The summed E-state index contributed by atoms with van der Waals surface area (Å²) in [5.41, 5.74) is 5.25. The first-order chi connectivity index (χ1) is 16.8. The summed E-state index contributed by atoms with van der Waals surface area (Å²) in [5.74, 6) is 0.275. The van der Waals surface area contributed by atoms with Gasteiger partial charge in [-0.3, -0.25) is 14.0 Å². The number of rotatable bonds is 5. The molecule has 7 nitrogen and oxygen atoms in total. The first-order valence-corrected chi connectivity index (χ1v) is 12.2. The number of benzene rings is 3. The van der Waals surface area contributed by atoms with Crippen LogP contribution in [0.4, 0.5) is 5.69 Å². The smallest absolute Gasteiger partial charge is 0.267 e. The summed E-state index contributed by atoms with van der Waals surface area (Å²) in [6, 6.07) is 21.0. The predicted molar refractivity (Wildman–Crippen MR) is 141 cm³/mol. The second kappa shape index (κ2) is 9.03. The molecule has 1 atom stereocenters. The number of amides is 1. The summed E-state index contributed by atoms with van der Waals surface area (Å²) < 4.78 is 3.46. The van der Waals surface area contributed by atoms with Gasteiger partial charge < -0.3 is 5.32 Å². The van der Waals surface area contributed by atoms with Crippen molar-refractivity contribution >= 4 is 40.0 Å². The molecule has 0 saturated heterocycles. The average Bonchev–Trinajstić information content (AvgIpc) is 3.25. The number of nitrogens with zero attached hydrogens (tertiary/aromatic N) is 4. The molecule has 0 aliphatic rings. The van der Waals surface area contributed by atoms with Crippen LogP contribution in [0.1, 0.15) is 23.6 Å². The number of hydrogen-bond donors (Lipinski definition) is 1. The lowest BCUT2D eigenvalue weighted by molar-refractivity contribution is -0.115. The van der Waals surface area contributed by atoms with E-state index >= 15 is 0 Å². The summed E-state index contributed by atoms with van der Waals surface area (Å²) in [4.78, 5) is 26.5. The number of aryl methyl sites for hydroxylation is 3. The van der Waals surface area contributed by atoms with Gasteiger partial charge in [-0.1, -0.05) is 59.3 Å². The number of carbonyl (C=O) groups is 1. The van der Waals surface area contributed by atoms with E-state index in [4.69, 9.17) is 0 Å². The Balaban J connectivity index is 1.60. The Bertz CT molecular complexity index is 1640. The van der Waals surface area contributed by atoms with Crippen molar-refractivity contribution in [3.05, 3.63) is 93.8 Å². The molecule has 2 heterocycles. The highest BCUT2D eigenvalue weighted by Crippen LogP contribution is 2.27. The Morgan fingerprint density at radius 1 is 0.943 bits per heavy atom. The standard InChI is InChI=1S/C27H25N5O2S/c1-16-9-12-20(13-10-16)28-24(33)19(4)35-27-30-29-26-31(22-14-11-17(2)15-18(22)3)25(34)21-7-5-6-8-23(21)32(26)27/h5-15,19H,1-4H3,(H,28,33). The van der Waals surface area contributed by atoms with Crippen LogP contribution in [-0.2, 0) is 4.79 Å². The van der Waals surface area contributed by atoms with Gasteiger partial charge in [0, 0.05) is 5.69 Å². The number of para-hydroxylation sites is 1. The monoisotopic (exact) mass is 483 g/mol. The van der Waals surface area contributed by atoms with Crippen LogP contribution in [-0.4, -0.2) is 30.3 Å². The van der Waals surface area contributed by atoms with Gasteiger partial charge in [0.1, 0.15) is 0 Å². The van der Waals surface area contributed by atoms with Crippen molar-refractivity contribution in [1.82, 2.24) is 19.2 Å². The number of aromatic nitrogens is 4. The molecule has 0 spiro atoms. The van der Waals surface area contributed by atoms with E-state index in [0.29, 0.717) is 21.8 Å². The van der Waals surface area contributed by atoms with Crippen molar-refractivity contribution < 1.29 is 4.79 Å². The van der Waals surface area contributed by atoms with Crippen LogP contribution in [0.3, 0.4) is 0 Å². The van der Waals surface area contributed by atoms with Crippen LogP contribution in [0, 0.1) is 20.8 Å². The molecule has 176 valence electrons. The van der Waals surface area contributed by atoms with E-state index in [1.54, 1.807) is 10.6 Å². The van der Waals surface area contributed by atoms with Crippen molar-refractivity contribution in [2.24, 2.45) is 0 Å². The summed E-state index contributed by atoms with van der Waals surface area (Å²) in [6.07, 6.45) is 0. The highest BCUT2D eigenvalue weighted by Gasteiger charge is 2.22. The number of thioether (sulfide) groups is 1. The van der Waals surface area contributed by atoms with E-state index in [2.05, 4.69) is 15.5 Å². The maximum Gasteiger partial charge on any atom is 0.267 e. The summed E-state index contributed by atoms with van der Waals surface area (Å²) in [7, 11) is 0. The van der Waals surface area contributed by atoms with Gasteiger partial charge in [-0.15, -0.1) is 10.2 Å². The van der Waals surface area contributed by atoms with E-state index in [-0.39, 0.29) is 11.5 Å². The molecule has 5 aromatic rings. The normalized spacial score (nSPS) is 12.2. The fourth-order valence-corrected chi connectivity index (χ4v) is 4.98. The Morgan fingerprint density at radius 3 is 2.40 bits per heavy atom. The zero-order valence-electron chi connectivity index (χ0n) is 19.9. The maximum atomic E-state index is 13.6. The van der Waals surface area contributed by atoms with Gasteiger partial charge in [-0.05, 0) is 63.6 Å². The molecule has 1 unspecified atom stereocenters. The third kappa shape index (κ3) is 4.21. The van der Waals surface area contributed by atoms with Crippen molar-refractivity contribution in [3.63, 3.8) is 0 Å². The molecule has 1 amide bonds. The molecule has 0 bridgehead atoms. The quantitative estimate of drug-likeness (QED) is 0.353. The predicted octanol–water partition coefficient (Wildman–Crippen LogP) is 5.08. The molecule has 0 saturated carbocycles. The highest BCUT2D eigenvalue weighted by atomic mass is 32.2. The van der Waals surface area contributed by atoms with E-state index in [9.17, 15) is 9.59 Å². The van der Waals surface area contributed by atoms with Crippen molar-refractivity contribution in [2.75, 3.05) is 5.32 Å². The number of nitrogens with one attached hydrogen (secondary N) is 1. The zero-order chi connectivity index (χ0) is 24.7. The van der Waals surface area contributed by atoms with Crippen LogP contribution >= 0.6 is 11.8 Å². The molecule has 8 heteroatoms. The van der Waals surface area contributed by atoms with Gasteiger partial charge in [0.15, 0.2) is 5.16 Å². The van der Waals surface area contributed by atoms with E-state index < -0.39 is 5.25 Å². The largest absolute Gasteiger partial charge is 0.325 e. The molecule has 5 rings (SSSR count). The number of hydrogen-bond acceptors (Lipinski definition) is 5. The van der Waals surface area contributed by atoms with Crippen LogP contribution in [0.5, 0.6) is 0 Å². The highest BCUT2D eigenvalue weighted by molar-refractivity contribution is 8.00. The minimum Gasteiger partial charge on any atom is -0.325 e. The second-order valence-corrected chi connectivity index (χ2v) is 9.99. The first kappa shape index (κ1) is 22.9. The SMILES string of the molecule is Cc1ccc(NC(=O)C(C)Sc2nnc3n(-c4ccc(C)cc4C)c(=O)c4ccccc4n23)cc1. The van der Waals surface area contributed by atoms with Crippen molar-refractivity contribution in [2.45, 2.75) is 38.1 Å². The third-order valence-electron chi connectivity index (χ3n) is 5.96. The summed E-state index contributed by atoms with van der Waals surface area (Å²) in [5, 5.41) is 12.4. The zero-order valence-corrected chi connectivity index (χ0v) is 20.8. The lowest BCUT2D eigenvalue weighted by Crippen LogP contribution is -2.24. The van der Waals surface area contributed by atoms with Crippen LogP contribution in [0.15, 0.2) is 76.7 Å². The van der Waals surface area contributed by atoms with E-state index in [1.165, 1.54) is 11.8 Å². The molecular formula is C27H25N5O2S. The summed E-state index contributed by atoms with van der Waals surface area (Å²) >= 11 is 1.30. The molecule has 0 aliphatic carbocycles. The van der Waals surface area contributed by atoms with Crippen LogP contribution in [0.2, 0.25) is 0 Å². The van der Waals surface area contributed by atoms with Crippen LogP contribution in [0.25, 0.3) is 22.4 Å². The maximum absolute atomic E-state index is 13.6. The number of fused-ring (bicyclic) bond motifs is 3. The Labute approximate surface area is 206 Å². The number of carbonyl (C=O) groups excluding carboxylic acids is 1. The van der Waals surface area contributed by atoms with Crippen molar-refractivity contribution in [3.8, 4) is 5.69 Å². The van der Waals surface area contributed by atoms with Gasteiger partial charge >= 0.3 is 0 Å². The van der Waals surface area contributed by atoms with Gasteiger partial charge in [-0.25, -0.2) is 4.57 Å². The van der Waals surface area contributed by atoms with Crippen molar-refractivity contribution in [1.29, 1.82) is 0 Å². The fraction of sp³-hybridized carbons (Fsp3) is 0.185. The molecule has 0 aliphatic heterocycles. The minimum atomic E-state index is -0.441. The first-order valence-electron chi connectivity index (χ1n) is 11.3. The lowest BCUT2D eigenvalue weighted by atomic mass is 10.1. The lowest BCUT2D eigenvalue weighted by Gasteiger charge is -2.15. The molecule has 35 heavy (non-hydrogen) atoms. The average molecular weight is 484 g/mol. The second-order valence-electron chi connectivity index (χ2n) is 8.68. The molecule has 0 radical (unpaired) electrons. The minimum absolute atomic E-state index is 0.136. The molecule has 2 aromatic heterocycles. The van der Waals surface area contributed by atoms with Gasteiger partial charge in [0.25, 0.3) is 5.56 Å². The Kier molecular flexibility index (Phi) is 5.90. The topological polar surface area (TPSA) is 81.3 Å². The summed E-state index contributed by atoms with van der Waals surface area (Å²) in [6.45, 7) is 7.83. The Morgan fingerprint density at radius 2 is 1.66 bits per heavy atom. The van der Waals surface area contributed by atoms with Gasteiger partial charge in [0.2, 0.25) is 11.7 Å². The molecule has 3 aromatic carbocycles. The van der Waals surface area contributed by atoms with E-state index in [1.807, 2.05) is 92.8 Å². The Hall–Kier alpha value is -3.91. The van der Waals surface area contributed by atoms with Crippen LogP contribution < -0.4 is 10.9 Å². The molecule has 1 N–H and O–H groups in total. The molecular weight excluding hydrogens is 458 g/mol. The fourth-order valence-electron chi connectivity index (χ4n) is 4.12. The third-order valence-corrected chi connectivity index (χ3v) is 7.00. The molecule has 0 fully saturated rings.